The summed E-state index contributed by atoms with van der Waals surface area (Å²) in [6.07, 6.45) is -5.08. The van der Waals surface area contributed by atoms with E-state index < -0.39 is 18.2 Å². The zero-order valence-corrected chi connectivity index (χ0v) is 20.9. The van der Waals surface area contributed by atoms with Crippen molar-refractivity contribution in [2.75, 3.05) is 18.5 Å². The Morgan fingerprint density at radius 1 is 1.08 bits per heavy atom. The van der Waals surface area contributed by atoms with Gasteiger partial charge in [0.05, 0.1) is 12.7 Å². The van der Waals surface area contributed by atoms with E-state index in [1.54, 1.807) is 24.3 Å². The van der Waals surface area contributed by atoms with Gasteiger partial charge in [-0.15, -0.1) is 0 Å². The molecule has 0 aliphatic carbocycles. The number of anilines is 1. The van der Waals surface area contributed by atoms with Gasteiger partial charge in [0.25, 0.3) is 5.91 Å². The Morgan fingerprint density at radius 2 is 1.68 bits per heavy atom. The second kappa shape index (κ2) is 14.5. The quantitative estimate of drug-likeness (QED) is 0.147. The van der Waals surface area contributed by atoms with E-state index in [-0.39, 0.29) is 17.8 Å². The first-order chi connectivity index (χ1) is 17.3. The fraction of sp³-hybridized carbons (Fsp3) is 0.375. The number of nitrogens with two attached hydrogens (primary N) is 1. The Hall–Kier alpha value is -4.00. The Labute approximate surface area is 212 Å². The number of hydrazine groups is 1. The minimum absolute atomic E-state index is 0.000761. The van der Waals surface area contributed by atoms with Gasteiger partial charge in [0.1, 0.15) is 11.9 Å². The molecule has 37 heavy (non-hydrogen) atoms. The molecule has 7 N–H and O–H groups in total. The number of aliphatic carboxylic acids is 1. The molecule has 0 aromatic heterocycles. The first-order valence-corrected chi connectivity index (χ1v) is 11.3. The lowest BCUT2D eigenvalue weighted by Gasteiger charge is -2.22. The summed E-state index contributed by atoms with van der Waals surface area (Å²) in [6.45, 7) is 8.76. The Balaban J connectivity index is 0.000000856. The van der Waals surface area contributed by atoms with Crippen LogP contribution in [0.2, 0.25) is 0 Å². The number of benzene rings is 2. The average Bonchev–Trinajstić information content (AvgIpc) is 2.82. The normalized spacial score (nSPS) is 11.6. The number of carbonyl (C=O) groups is 2. The lowest BCUT2D eigenvalue weighted by Crippen LogP contribution is -2.42. The molecule has 0 fully saturated rings. The highest BCUT2D eigenvalue weighted by molar-refractivity contribution is 5.95. The minimum atomic E-state index is -5.08. The van der Waals surface area contributed by atoms with Crippen molar-refractivity contribution in [1.29, 1.82) is 5.41 Å². The maximum Gasteiger partial charge on any atom is 0.490 e. The van der Waals surface area contributed by atoms with E-state index in [0.717, 1.165) is 11.3 Å². The van der Waals surface area contributed by atoms with E-state index in [9.17, 15) is 18.0 Å². The monoisotopic (exact) mass is 527 g/mol. The number of halogens is 3. The topological polar surface area (TPSA) is 159 Å². The summed E-state index contributed by atoms with van der Waals surface area (Å²) in [5.74, 6) is -1.80. The predicted octanol–water partition coefficient (Wildman–Crippen LogP) is 3.58. The Kier molecular flexibility index (Phi) is 12.2. The molecule has 2 rings (SSSR count). The number of hydrogen-bond donors (Lipinski definition) is 6. The summed E-state index contributed by atoms with van der Waals surface area (Å²) in [5.41, 5.74) is 13.1. The maximum absolute atomic E-state index is 12.9. The van der Waals surface area contributed by atoms with Gasteiger partial charge in [0.15, 0.2) is 11.5 Å². The number of amides is 1. The second-order valence-corrected chi connectivity index (χ2v) is 7.70. The van der Waals surface area contributed by atoms with Crippen molar-refractivity contribution in [3.05, 3.63) is 53.6 Å². The number of amidine groups is 1. The van der Waals surface area contributed by atoms with Crippen molar-refractivity contribution in [3.63, 3.8) is 0 Å². The van der Waals surface area contributed by atoms with Crippen molar-refractivity contribution in [2.24, 2.45) is 5.73 Å². The van der Waals surface area contributed by atoms with Crippen LogP contribution in [0, 0.1) is 5.41 Å². The highest BCUT2D eigenvalue weighted by Crippen LogP contribution is 2.32. The fourth-order valence-electron chi connectivity index (χ4n) is 2.78. The summed E-state index contributed by atoms with van der Waals surface area (Å²) in [5, 5.41) is 17.9. The van der Waals surface area contributed by atoms with E-state index in [0.29, 0.717) is 30.2 Å². The molecule has 0 saturated carbocycles. The van der Waals surface area contributed by atoms with Crippen LogP contribution in [0.1, 0.15) is 44.9 Å². The third-order valence-corrected chi connectivity index (χ3v) is 4.36. The van der Waals surface area contributed by atoms with Crippen LogP contribution in [0.3, 0.4) is 0 Å². The number of hydrogen-bond acceptors (Lipinski definition) is 7. The van der Waals surface area contributed by atoms with E-state index in [4.69, 9.17) is 30.5 Å². The van der Waals surface area contributed by atoms with Crippen molar-refractivity contribution in [3.8, 4) is 11.5 Å². The second-order valence-electron chi connectivity index (χ2n) is 7.70. The largest absolute Gasteiger partial charge is 0.490 e. The molecule has 0 aliphatic heterocycles. The molecule has 0 heterocycles. The van der Waals surface area contributed by atoms with Gasteiger partial charge in [-0.3, -0.25) is 15.6 Å². The van der Waals surface area contributed by atoms with Crippen LogP contribution in [0.5, 0.6) is 11.5 Å². The number of rotatable bonds is 11. The molecule has 2 aromatic rings. The van der Waals surface area contributed by atoms with E-state index in [2.05, 4.69) is 16.2 Å². The van der Waals surface area contributed by atoms with E-state index in [1.165, 1.54) is 0 Å². The molecule has 0 aliphatic rings. The molecule has 0 radical (unpaired) electrons. The Morgan fingerprint density at radius 3 is 2.14 bits per heavy atom. The summed E-state index contributed by atoms with van der Waals surface area (Å²) >= 11 is 0. The highest BCUT2D eigenvalue weighted by Gasteiger charge is 2.38. The third-order valence-electron chi connectivity index (χ3n) is 4.36. The van der Waals surface area contributed by atoms with Crippen molar-refractivity contribution >= 4 is 23.4 Å². The van der Waals surface area contributed by atoms with Crippen molar-refractivity contribution < 1.29 is 37.3 Å². The standard InChI is InChI=1S/C22H31N5O3.C2HF3O2/c1-5-25-27-22(28)20(26-17-10-7-15(8-11-17)21(23)24)16-9-12-18(30-14(3)4)19(13-16)29-6-2;3-2(4,5)1(6)7/h7-14,20,25-26H,5-6H2,1-4H3,(H3,23,24)(H,27,28);(H,6,7). The molecule has 13 heteroatoms. The summed E-state index contributed by atoms with van der Waals surface area (Å²) in [6, 6.07) is 11.8. The molecular formula is C24H32F3N5O5. The molecule has 0 saturated heterocycles. The van der Waals surface area contributed by atoms with Gasteiger partial charge in [-0.05, 0) is 62.7 Å². The number of carboxylic acid groups (broad SMARTS) is 1. The van der Waals surface area contributed by atoms with Gasteiger partial charge in [-0.25, -0.2) is 10.2 Å². The number of nitrogens with one attached hydrogen (secondary N) is 4. The maximum atomic E-state index is 12.9. The molecule has 1 atom stereocenters. The van der Waals surface area contributed by atoms with Gasteiger partial charge < -0.3 is 25.6 Å². The first kappa shape index (κ1) is 31.0. The molecule has 1 unspecified atom stereocenters. The number of carbonyl (C=O) groups excluding carboxylic acids is 1. The average molecular weight is 528 g/mol. The van der Waals surface area contributed by atoms with E-state index >= 15 is 0 Å². The van der Waals surface area contributed by atoms with Gasteiger partial charge in [0.2, 0.25) is 0 Å². The van der Waals surface area contributed by atoms with Gasteiger partial charge in [0, 0.05) is 17.8 Å². The molecule has 1 amide bonds. The minimum Gasteiger partial charge on any atom is -0.490 e. The zero-order valence-electron chi connectivity index (χ0n) is 20.9. The lowest BCUT2D eigenvalue weighted by atomic mass is 10.0. The van der Waals surface area contributed by atoms with Crippen molar-refractivity contribution in [2.45, 2.75) is 46.0 Å². The van der Waals surface area contributed by atoms with Crippen LogP contribution >= 0.6 is 0 Å². The molecule has 2 aromatic carbocycles. The molecule has 0 spiro atoms. The number of ether oxygens (including phenoxy) is 2. The molecule has 0 bridgehead atoms. The smallest absolute Gasteiger partial charge is 0.490 e. The molecule has 10 nitrogen and oxygen atoms in total. The Bertz CT molecular complexity index is 1050. The van der Waals surface area contributed by atoms with Crippen LogP contribution < -0.4 is 31.4 Å². The SMILES string of the molecule is CCNNC(=O)C(Nc1ccc(C(=N)N)cc1)c1ccc(OC(C)C)c(OCC)c1.O=C(O)C(F)(F)F. The highest BCUT2D eigenvalue weighted by atomic mass is 19.4. The van der Waals surface area contributed by atoms with Crippen LogP contribution in [0.25, 0.3) is 0 Å². The van der Waals surface area contributed by atoms with Crippen LogP contribution in [-0.2, 0) is 9.59 Å². The third kappa shape index (κ3) is 10.7. The lowest BCUT2D eigenvalue weighted by molar-refractivity contribution is -0.192. The first-order valence-electron chi connectivity index (χ1n) is 11.3. The van der Waals surface area contributed by atoms with Crippen LogP contribution in [0.15, 0.2) is 42.5 Å². The van der Waals surface area contributed by atoms with Crippen LogP contribution in [-0.4, -0.2) is 48.3 Å². The predicted molar refractivity (Wildman–Crippen MR) is 133 cm³/mol. The zero-order chi connectivity index (χ0) is 28.2. The van der Waals surface area contributed by atoms with Gasteiger partial charge in [-0.2, -0.15) is 13.2 Å². The van der Waals surface area contributed by atoms with Gasteiger partial charge in [-0.1, -0.05) is 13.0 Å². The number of nitrogen functional groups attached to an aromatic ring is 1. The molecular weight excluding hydrogens is 495 g/mol. The summed E-state index contributed by atoms with van der Waals surface area (Å²) < 4.78 is 43.3. The summed E-state index contributed by atoms with van der Waals surface area (Å²) in [4.78, 5) is 21.7. The van der Waals surface area contributed by atoms with E-state index in [1.807, 2.05) is 45.9 Å². The van der Waals surface area contributed by atoms with Gasteiger partial charge >= 0.3 is 12.1 Å². The number of alkyl halides is 3. The van der Waals surface area contributed by atoms with Crippen molar-refractivity contribution in [1.82, 2.24) is 10.9 Å². The summed E-state index contributed by atoms with van der Waals surface area (Å²) in [7, 11) is 0. The molecule has 204 valence electrons. The number of carboxylic acids is 1. The fourth-order valence-corrected chi connectivity index (χ4v) is 2.78. The van der Waals surface area contributed by atoms with Crippen LogP contribution in [0.4, 0.5) is 18.9 Å².